The normalized spacial score (nSPS) is 17.7. The van der Waals surface area contributed by atoms with Crippen molar-refractivity contribution in [2.75, 3.05) is 24.6 Å². The molecule has 2 N–H and O–H groups in total. The van der Waals surface area contributed by atoms with Crippen molar-refractivity contribution in [3.8, 4) is 0 Å². The predicted octanol–water partition coefficient (Wildman–Crippen LogP) is 4.02. The number of nitrogens with one attached hydrogen (secondary N) is 1. The van der Waals surface area contributed by atoms with Crippen LogP contribution in [-0.4, -0.2) is 77.9 Å². The van der Waals surface area contributed by atoms with E-state index in [4.69, 9.17) is 0 Å². The van der Waals surface area contributed by atoms with Crippen LogP contribution in [-0.2, 0) is 14.8 Å². The van der Waals surface area contributed by atoms with Gasteiger partial charge in [0.05, 0.1) is 16.0 Å². The lowest BCUT2D eigenvalue weighted by molar-refractivity contribution is -0.141. The molecule has 2 aliphatic heterocycles. The Hall–Kier alpha value is -3.25. The fourth-order valence-corrected chi connectivity index (χ4v) is 7.80. The van der Waals surface area contributed by atoms with Crippen molar-refractivity contribution in [1.29, 1.82) is 0 Å². The average molecular weight is 610 g/mol. The number of thioether (sulfide) groups is 1. The Kier molecular flexibility index (Phi) is 9.62. The van der Waals surface area contributed by atoms with Crippen LogP contribution in [0.15, 0.2) is 71.6 Å². The third-order valence-electron chi connectivity index (χ3n) is 7.80. The maximum Gasteiger partial charge on any atom is 0.267 e. The van der Waals surface area contributed by atoms with E-state index in [1.807, 2.05) is 18.2 Å². The second-order valence-electron chi connectivity index (χ2n) is 10.7. The number of sulfonamides is 1. The van der Waals surface area contributed by atoms with Gasteiger partial charge in [0.2, 0.25) is 10.0 Å². The van der Waals surface area contributed by atoms with Gasteiger partial charge in [-0.3, -0.25) is 19.3 Å². The number of aliphatic hydroxyl groups excluding tert-OH is 1. The van der Waals surface area contributed by atoms with Crippen molar-refractivity contribution >= 4 is 50.3 Å². The SMILES string of the molecule is O=C1c2ccccc2C(=O)N1CCCCCCSC[C@@H]1CCCN1C(=O)[C@H](O)NS(=O)(=O)c1ccc2ccccc2c1. The summed E-state index contributed by atoms with van der Waals surface area (Å²) in [7, 11) is -4.09. The summed E-state index contributed by atoms with van der Waals surface area (Å²) >= 11 is 1.74. The van der Waals surface area contributed by atoms with Gasteiger partial charge in [-0.2, -0.15) is 16.5 Å². The molecule has 0 unspecified atom stereocenters. The number of aliphatic hydroxyl groups is 1. The highest BCUT2D eigenvalue weighted by atomic mass is 32.2. The van der Waals surface area contributed by atoms with Crippen LogP contribution in [0.2, 0.25) is 0 Å². The quantitative estimate of drug-likeness (QED) is 0.170. The molecule has 3 aromatic rings. The lowest BCUT2D eigenvalue weighted by Crippen LogP contribution is -2.50. The minimum Gasteiger partial charge on any atom is -0.369 e. The van der Waals surface area contributed by atoms with E-state index in [1.54, 1.807) is 53.1 Å². The highest BCUT2D eigenvalue weighted by Gasteiger charge is 2.35. The summed E-state index contributed by atoms with van der Waals surface area (Å²) in [6, 6.07) is 18.9. The molecule has 42 heavy (non-hydrogen) atoms. The Morgan fingerprint density at radius 1 is 0.929 bits per heavy atom. The fourth-order valence-electron chi connectivity index (χ4n) is 5.55. The van der Waals surface area contributed by atoms with E-state index >= 15 is 0 Å². The highest BCUT2D eigenvalue weighted by Crippen LogP contribution is 2.25. The Balaban J connectivity index is 1.01. The zero-order valence-corrected chi connectivity index (χ0v) is 24.9. The Morgan fingerprint density at radius 3 is 2.33 bits per heavy atom. The molecule has 0 saturated carbocycles. The molecule has 0 spiro atoms. The first-order chi connectivity index (χ1) is 20.3. The first-order valence-corrected chi connectivity index (χ1v) is 16.9. The van der Waals surface area contributed by atoms with Crippen molar-refractivity contribution in [2.24, 2.45) is 0 Å². The van der Waals surface area contributed by atoms with E-state index in [-0.39, 0.29) is 22.8 Å². The summed E-state index contributed by atoms with van der Waals surface area (Å²) in [6.45, 7) is 0.905. The number of benzene rings is 3. The first-order valence-electron chi connectivity index (χ1n) is 14.3. The van der Waals surface area contributed by atoms with Crippen LogP contribution in [0.4, 0.5) is 0 Å². The van der Waals surface area contributed by atoms with Crippen molar-refractivity contribution in [3.63, 3.8) is 0 Å². The van der Waals surface area contributed by atoms with Gasteiger partial charge in [-0.05, 0) is 66.5 Å². The predicted molar refractivity (Wildman–Crippen MR) is 163 cm³/mol. The van der Waals surface area contributed by atoms with E-state index in [9.17, 15) is 27.9 Å². The summed E-state index contributed by atoms with van der Waals surface area (Å²) in [5.41, 5.74) is 0.960. The Labute approximate surface area is 250 Å². The van der Waals surface area contributed by atoms with Gasteiger partial charge in [-0.1, -0.05) is 55.3 Å². The molecule has 0 aliphatic carbocycles. The molecule has 2 aliphatic rings. The minimum atomic E-state index is -4.09. The molecule has 0 radical (unpaired) electrons. The molecule has 0 bridgehead atoms. The van der Waals surface area contributed by atoms with Crippen LogP contribution in [0.5, 0.6) is 0 Å². The number of nitrogens with zero attached hydrogens (tertiary/aromatic N) is 2. The molecule has 1 saturated heterocycles. The number of hydrogen-bond donors (Lipinski definition) is 2. The molecule has 222 valence electrons. The van der Waals surface area contributed by atoms with Crippen molar-refractivity contribution in [1.82, 2.24) is 14.5 Å². The third-order valence-corrected chi connectivity index (χ3v) is 10.4. The average Bonchev–Trinajstić information content (AvgIpc) is 3.56. The third kappa shape index (κ3) is 6.70. The molecule has 9 nitrogen and oxygen atoms in total. The second kappa shape index (κ2) is 13.4. The molecule has 3 aromatic carbocycles. The van der Waals surface area contributed by atoms with Crippen molar-refractivity contribution in [3.05, 3.63) is 77.9 Å². The fraction of sp³-hybridized carbons (Fsp3) is 0.387. The molecular weight excluding hydrogens is 574 g/mol. The highest BCUT2D eigenvalue weighted by molar-refractivity contribution is 7.99. The van der Waals surface area contributed by atoms with Gasteiger partial charge in [-0.15, -0.1) is 0 Å². The van der Waals surface area contributed by atoms with Gasteiger partial charge in [0.15, 0.2) is 6.23 Å². The van der Waals surface area contributed by atoms with Gasteiger partial charge < -0.3 is 10.0 Å². The summed E-state index contributed by atoms with van der Waals surface area (Å²) < 4.78 is 27.9. The molecule has 2 atom stereocenters. The van der Waals surface area contributed by atoms with E-state index in [0.717, 1.165) is 55.1 Å². The number of fused-ring (bicyclic) bond motifs is 2. The molecule has 11 heteroatoms. The first kappa shape index (κ1) is 30.2. The molecule has 1 fully saturated rings. The van der Waals surface area contributed by atoms with Crippen LogP contribution in [0.1, 0.15) is 59.2 Å². The largest absolute Gasteiger partial charge is 0.369 e. The molecular formula is C31H35N3O6S2. The summed E-state index contributed by atoms with van der Waals surface area (Å²) in [5, 5.41) is 12.2. The number of amides is 3. The summed E-state index contributed by atoms with van der Waals surface area (Å²) in [6.07, 6.45) is 3.37. The van der Waals surface area contributed by atoms with E-state index in [1.165, 1.54) is 17.0 Å². The van der Waals surface area contributed by atoms with Gasteiger partial charge in [0.1, 0.15) is 0 Å². The Morgan fingerprint density at radius 2 is 1.60 bits per heavy atom. The Bertz CT molecular complexity index is 1540. The van der Waals surface area contributed by atoms with Gasteiger partial charge in [0.25, 0.3) is 17.7 Å². The van der Waals surface area contributed by atoms with E-state index in [2.05, 4.69) is 4.72 Å². The number of carbonyl (C=O) groups is 3. The number of hydrogen-bond acceptors (Lipinski definition) is 7. The maximum absolute atomic E-state index is 13.0. The molecule has 5 rings (SSSR count). The van der Waals surface area contributed by atoms with Crippen LogP contribution in [0.3, 0.4) is 0 Å². The zero-order chi connectivity index (χ0) is 29.7. The van der Waals surface area contributed by atoms with Gasteiger partial charge >= 0.3 is 0 Å². The number of likely N-dealkylation sites (tertiary alicyclic amines) is 1. The van der Waals surface area contributed by atoms with Gasteiger partial charge in [0, 0.05) is 24.9 Å². The lowest BCUT2D eigenvalue weighted by atomic mass is 10.1. The molecule has 0 aromatic heterocycles. The number of imide groups is 1. The number of carbonyl (C=O) groups excluding carboxylic acids is 3. The standard InChI is InChI=1S/C31H35N3O6S2/c35-28(32-42(39,40)25-16-15-22-10-3-4-11-23(22)20-25)31(38)33-18-9-12-24(33)21-41-19-8-2-1-7-17-34-29(36)26-13-5-6-14-27(26)30(34)37/h3-6,10-11,13-16,20,24,28,32,35H,1-2,7-9,12,17-19,21H2/t24-,28-/m0/s1. The van der Waals surface area contributed by atoms with Crippen LogP contribution in [0.25, 0.3) is 10.8 Å². The van der Waals surface area contributed by atoms with Crippen LogP contribution >= 0.6 is 11.8 Å². The van der Waals surface area contributed by atoms with E-state index < -0.39 is 22.2 Å². The maximum atomic E-state index is 13.0. The van der Waals surface area contributed by atoms with Crippen LogP contribution in [0, 0.1) is 0 Å². The molecule has 2 heterocycles. The molecule has 3 amide bonds. The van der Waals surface area contributed by atoms with Crippen molar-refractivity contribution in [2.45, 2.75) is 55.7 Å². The monoisotopic (exact) mass is 609 g/mol. The van der Waals surface area contributed by atoms with Crippen molar-refractivity contribution < 1.29 is 27.9 Å². The smallest absolute Gasteiger partial charge is 0.267 e. The second-order valence-corrected chi connectivity index (χ2v) is 13.5. The topological polar surface area (TPSA) is 124 Å². The number of unbranched alkanes of at least 4 members (excludes halogenated alkanes) is 3. The minimum absolute atomic E-state index is 0.00898. The summed E-state index contributed by atoms with van der Waals surface area (Å²) in [4.78, 5) is 40.8. The zero-order valence-electron chi connectivity index (χ0n) is 23.3. The van der Waals surface area contributed by atoms with Gasteiger partial charge in [-0.25, -0.2) is 8.42 Å². The lowest BCUT2D eigenvalue weighted by Gasteiger charge is -2.27. The summed E-state index contributed by atoms with van der Waals surface area (Å²) in [5.74, 6) is 0.561. The van der Waals surface area contributed by atoms with E-state index in [0.29, 0.717) is 30.0 Å². The van der Waals surface area contributed by atoms with Crippen LogP contribution < -0.4 is 4.72 Å². The number of rotatable bonds is 13.